The van der Waals surface area contributed by atoms with E-state index in [9.17, 15) is 0 Å². The Bertz CT molecular complexity index is 409. The zero-order valence-electron chi connectivity index (χ0n) is 10.8. The van der Waals surface area contributed by atoms with Crippen molar-refractivity contribution in [2.24, 2.45) is 11.7 Å². The summed E-state index contributed by atoms with van der Waals surface area (Å²) in [5.41, 5.74) is 8.27. The summed E-state index contributed by atoms with van der Waals surface area (Å²) >= 11 is 3.64. The number of nitrogens with zero attached hydrogens (tertiary/aromatic N) is 1. The number of benzene rings is 1. The normalized spacial score (nSPS) is 21.3. The van der Waals surface area contributed by atoms with Crippen molar-refractivity contribution < 1.29 is 5.11 Å². The molecule has 1 aromatic carbocycles. The average Bonchev–Trinajstić information content (AvgIpc) is 2.77. The molecule has 1 saturated heterocycles. The van der Waals surface area contributed by atoms with E-state index in [0.29, 0.717) is 12.5 Å². The van der Waals surface area contributed by atoms with Gasteiger partial charge in [-0.3, -0.25) is 0 Å². The van der Waals surface area contributed by atoms with Crippen LogP contribution in [0.5, 0.6) is 0 Å². The van der Waals surface area contributed by atoms with E-state index in [1.807, 2.05) is 6.92 Å². The number of hydrogen-bond donors (Lipinski definition) is 2. The number of halogens is 1. The Hall–Kier alpha value is -0.580. The zero-order chi connectivity index (χ0) is 13.1. The number of anilines is 1. The Labute approximate surface area is 117 Å². The van der Waals surface area contributed by atoms with Gasteiger partial charge < -0.3 is 15.7 Å². The van der Waals surface area contributed by atoms with Crippen molar-refractivity contribution >= 4 is 21.6 Å². The Kier molecular flexibility index (Phi) is 4.65. The molecule has 100 valence electrons. The van der Waals surface area contributed by atoms with Crippen molar-refractivity contribution in [3.8, 4) is 0 Å². The van der Waals surface area contributed by atoms with Crippen LogP contribution in [0.15, 0.2) is 22.7 Å². The van der Waals surface area contributed by atoms with Gasteiger partial charge >= 0.3 is 0 Å². The highest BCUT2D eigenvalue weighted by Crippen LogP contribution is 2.33. The molecule has 2 atom stereocenters. The number of aliphatic hydroxyl groups excluding tert-OH is 1. The van der Waals surface area contributed by atoms with Gasteiger partial charge in [0.2, 0.25) is 0 Å². The summed E-state index contributed by atoms with van der Waals surface area (Å²) in [6.07, 6.45) is 2.08. The van der Waals surface area contributed by atoms with Crippen LogP contribution in [0.1, 0.15) is 31.4 Å². The summed E-state index contributed by atoms with van der Waals surface area (Å²) in [5.74, 6) is 0.620. The number of rotatable bonds is 4. The number of nitrogens with two attached hydrogens (primary N) is 1. The minimum Gasteiger partial charge on any atom is -0.396 e. The van der Waals surface area contributed by atoms with Crippen molar-refractivity contribution in [3.05, 3.63) is 28.2 Å². The van der Waals surface area contributed by atoms with Gasteiger partial charge in [0, 0.05) is 30.2 Å². The molecule has 2 rings (SSSR count). The second-order valence-electron chi connectivity index (χ2n) is 5.11. The van der Waals surface area contributed by atoms with E-state index in [2.05, 4.69) is 39.0 Å². The Morgan fingerprint density at radius 2 is 2.33 bits per heavy atom. The lowest BCUT2D eigenvalue weighted by atomic mass is 10.1. The predicted molar refractivity (Wildman–Crippen MR) is 78.8 cm³/mol. The molecular weight excluding hydrogens is 292 g/mol. The summed E-state index contributed by atoms with van der Waals surface area (Å²) in [6.45, 7) is 4.40. The van der Waals surface area contributed by atoms with Gasteiger partial charge in [-0.25, -0.2) is 0 Å². The monoisotopic (exact) mass is 312 g/mol. The minimum atomic E-state index is 0.0658. The molecule has 1 aliphatic heterocycles. The second kappa shape index (κ2) is 6.04. The third kappa shape index (κ3) is 3.05. The SMILES string of the molecule is C[C@H](N)c1ccc(N2CCC(CCO)C2)c(Br)c1. The highest BCUT2D eigenvalue weighted by molar-refractivity contribution is 9.10. The molecule has 18 heavy (non-hydrogen) atoms. The van der Waals surface area contributed by atoms with Gasteiger partial charge in [-0.05, 0) is 59.3 Å². The molecular formula is C14H21BrN2O. The number of hydrogen-bond acceptors (Lipinski definition) is 3. The molecule has 1 aromatic rings. The fourth-order valence-corrected chi connectivity index (χ4v) is 3.18. The smallest absolute Gasteiger partial charge is 0.0510 e. The Morgan fingerprint density at radius 3 is 2.94 bits per heavy atom. The van der Waals surface area contributed by atoms with Gasteiger partial charge in [-0.15, -0.1) is 0 Å². The summed E-state index contributed by atoms with van der Waals surface area (Å²) < 4.78 is 1.11. The zero-order valence-corrected chi connectivity index (χ0v) is 12.4. The van der Waals surface area contributed by atoms with Gasteiger partial charge in [-0.2, -0.15) is 0 Å². The summed E-state index contributed by atoms with van der Waals surface area (Å²) in [5, 5.41) is 8.99. The van der Waals surface area contributed by atoms with Gasteiger partial charge in [0.1, 0.15) is 0 Å². The fraction of sp³-hybridized carbons (Fsp3) is 0.571. The van der Waals surface area contributed by atoms with E-state index in [1.54, 1.807) is 0 Å². The molecule has 1 aliphatic rings. The second-order valence-corrected chi connectivity index (χ2v) is 5.97. The molecule has 0 aliphatic carbocycles. The first-order valence-electron chi connectivity index (χ1n) is 6.52. The van der Waals surface area contributed by atoms with Gasteiger partial charge in [0.15, 0.2) is 0 Å². The number of aliphatic hydroxyl groups is 1. The molecule has 1 unspecified atom stereocenters. The first kappa shape index (κ1) is 13.8. The van der Waals surface area contributed by atoms with Crippen molar-refractivity contribution in [3.63, 3.8) is 0 Å². The molecule has 0 aromatic heterocycles. The van der Waals surface area contributed by atoms with Crippen LogP contribution in [0, 0.1) is 5.92 Å². The van der Waals surface area contributed by atoms with Crippen LogP contribution in [-0.4, -0.2) is 24.8 Å². The molecule has 3 N–H and O–H groups in total. The third-order valence-corrected chi connectivity index (χ3v) is 4.30. The first-order chi connectivity index (χ1) is 8.61. The van der Waals surface area contributed by atoms with Gasteiger partial charge in [-0.1, -0.05) is 6.07 Å². The van der Waals surface area contributed by atoms with Crippen LogP contribution in [0.25, 0.3) is 0 Å². The van der Waals surface area contributed by atoms with E-state index >= 15 is 0 Å². The average molecular weight is 313 g/mol. The molecule has 0 bridgehead atoms. The highest BCUT2D eigenvalue weighted by atomic mass is 79.9. The van der Waals surface area contributed by atoms with E-state index in [4.69, 9.17) is 10.8 Å². The molecule has 0 amide bonds. The Balaban J connectivity index is 2.10. The van der Waals surface area contributed by atoms with Crippen molar-refractivity contribution in [2.75, 3.05) is 24.6 Å². The maximum atomic E-state index is 8.99. The van der Waals surface area contributed by atoms with Crippen molar-refractivity contribution in [2.45, 2.75) is 25.8 Å². The van der Waals surface area contributed by atoms with E-state index in [0.717, 1.165) is 29.5 Å². The van der Waals surface area contributed by atoms with E-state index < -0.39 is 0 Å². The predicted octanol–water partition coefficient (Wildman–Crippen LogP) is 2.68. The topological polar surface area (TPSA) is 49.5 Å². The summed E-state index contributed by atoms with van der Waals surface area (Å²) in [6, 6.07) is 6.42. The maximum Gasteiger partial charge on any atom is 0.0510 e. The summed E-state index contributed by atoms with van der Waals surface area (Å²) in [4.78, 5) is 2.38. The molecule has 3 nitrogen and oxygen atoms in total. The van der Waals surface area contributed by atoms with Crippen LogP contribution in [0.2, 0.25) is 0 Å². The lowest BCUT2D eigenvalue weighted by molar-refractivity contribution is 0.263. The van der Waals surface area contributed by atoms with E-state index in [1.165, 1.54) is 12.1 Å². The highest BCUT2D eigenvalue weighted by Gasteiger charge is 2.23. The maximum absolute atomic E-state index is 8.99. The van der Waals surface area contributed by atoms with Gasteiger partial charge in [0.05, 0.1) is 5.69 Å². The minimum absolute atomic E-state index is 0.0658. The van der Waals surface area contributed by atoms with Crippen molar-refractivity contribution in [1.82, 2.24) is 0 Å². The molecule has 1 heterocycles. The molecule has 0 radical (unpaired) electrons. The third-order valence-electron chi connectivity index (χ3n) is 3.66. The lowest BCUT2D eigenvalue weighted by Crippen LogP contribution is -2.20. The molecule has 1 fully saturated rings. The van der Waals surface area contributed by atoms with Crippen LogP contribution in [0.4, 0.5) is 5.69 Å². The quantitative estimate of drug-likeness (QED) is 0.898. The fourth-order valence-electron chi connectivity index (χ4n) is 2.53. The molecule has 0 spiro atoms. The molecule has 4 heteroatoms. The first-order valence-corrected chi connectivity index (χ1v) is 7.32. The molecule has 0 saturated carbocycles. The largest absolute Gasteiger partial charge is 0.396 e. The summed E-state index contributed by atoms with van der Waals surface area (Å²) in [7, 11) is 0. The Morgan fingerprint density at radius 1 is 1.56 bits per heavy atom. The van der Waals surface area contributed by atoms with Crippen LogP contribution < -0.4 is 10.6 Å². The van der Waals surface area contributed by atoms with Crippen LogP contribution in [0.3, 0.4) is 0 Å². The van der Waals surface area contributed by atoms with E-state index in [-0.39, 0.29) is 6.04 Å². The van der Waals surface area contributed by atoms with Gasteiger partial charge in [0.25, 0.3) is 0 Å². The van der Waals surface area contributed by atoms with Crippen LogP contribution >= 0.6 is 15.9 Å². The lowest BCUT2D eigenvalue weighted by Gasteiger charge is -2.21. The standard InChI is InChI=1S/C14H21BrN2O/c1-10(16)12-2-3-14(13(15)8-12)17-6-4-11(9-17)5-7-18/h2-3,8,10-11,18H,4-7,9,16H2,1H3/t10-,11?/m0/s1. The van der Waals surface area contributed by atoms with Crippen LogP contribution in [-0.2, 0) is 0 Å². The van der Waals surface area contributed by atoms with Crippen molar-refractivity contribution in [1.29, 1.82) is 0 Å².